The summed E-state index contributed by atoms with van der Waals surface area (Å²) < 4.78 is 5.18. The summed E-state index contributed by atoms with van der Waals surface area (Å²) in [7, 11) is 0. The summed E-state index contributed by atoms with van der Waals surface area (Å²) >= 11 is 0. The first-order valence-electron chi connectivity index (χ1n) is 8.27. The Hall–Kier alpha value is -2.37. The Morgan fingerprint density at radius 3 is 2.50 bits per heavy atom. The highest BCUT2D eigenvalue weighted by Gasteiger charge is 2.20. The minimum Gasteiger partial charge on any atom is -0.461 e. The van der Waals surface area contributed by atoms with E-state index in [1.807, 2.05) is 37.3 Å². The third-order valence-electron chi connectivity index (χ3n) is 3.40. The summed E-state index contributed by atoms with van der Waals surface area (Å²) in [6.07, 6.45) is 2.12. The predicted octanol–water partition coefficient (Wildman–Crippen LogP) is 1.93. The average molecular weight is 334 g/mol. The lowest BCUT2D eigenvalue weighted by molar-refractivity contribution is -0.145. The highest BCUT2D eigenvalue weighted by molar-refractivity contribution is 5.87. The lowest BCUT2D eigenvalue weighted by Gasteiger charge is -2.17. The van der Waals surface area contributed by atoms with Gasteiger partial charge in [0.05, 0.1) is 0 Å². The minimum atomic E-state index is -0.719. The highest BCUT2D eigenvalue weighted by Crippen LogP contribution is 2.05. The van der Waals surface area contributed by atoms with E-state index >= 15 is 0 Å². The molecule has 132 valence electrons. The number of amides is 2. The fourth-order valence-electron chi connectivity index (χ4n) is 2.10. The monoisotopic (exact) mass is 334 g/mol. The van der Waals surface area contributed by atoms with Crippen molar-refractivity contribution in [2.75, 3.05) is 6.54 Å². The summed E-state index contributed by atoms with van der Waals surface area (Å²) in [5.41, 5.74) is 0.904. The van der Waals surface area contributed by atoms with Crippen LogP contribution in [0.5, 0.6) is 0 Å². The van der Waals surface area contributed by atoms with Gasteiger partial charge >= 0.3 is 5.97 Å². The number of esters is 1. The number of nitrogens with one attached hydrogen (secondary N) is 2. The van der Waals surface area contributed by atoms with Crippen LogP contribution in [0.3, 0.4) is 0 Å². The maximum absolute atomic E-state index is 12.1. The molecule has 0 aromatic heterocycles. The van der Waals surface area contributed by atoms with Crippen molar-refractivity contribution in [2.45, 2.75) is 52.2 Å². The molecule has 1 rings (SSSR count). The van der Waals surface area contributed by atoms with Crippen LogP contribution in [0.4, 0.5) is 0 Å². The van der Waals surface area contributed by atoms with Crippen LogP contribution in [0, 0.1) is 0 Å². The summed E-state index contributed by atoms with van der Waals surface area (Å²) in [6.45, 7) is 4.14. The zero-order chi connectivity index (χ0) is 17.8. The topological polar surface area (TPSA) is 84.5 Å². The number of unbranched alkanes of at least 4 members (excludes halogenated alkanes) is 1. The SMILES string of the molecule is CCCCNC(=O)[C@@H](CCC(=O)OCc1ccccc1)NC(C)=O. The fraction of sp³-hybridized carbons (Fsp3) is 0.500. The van der Waals surface area contributed by atoms with Gasteiger partial charge in [0.15, 0.2) is 0 Å². The van der Waals surface area contributed by atoms with E-state index in [2.05, 4.69) is 10.6 Å². The highest BCUT2D eigenvalue weighted by atomic mass is 16.5. The van der Waals surface area contributed by atoms with Gasteiger partial charge in [0.25, 0.3) is 0 Å². The van der Waals surface area contributed by atoms with Crippen molar-refractivity contribution in [3.05, 3.63) is 35.9 Å². The summed E-state index contributed by atoms with van der Waals surface area (Å²) in [5, 5.41) is 5.34. The van der Waals surface area contributed by atoms with Gasteiger partial charge in [-0.15, -0.1) is 0 Å². The molecular formula is C18H26N2O4. The van der Waals surface area contributed by atoms with Crippen LogP contribution in [-0.4, -0.2) is 30.4 Å². The Balaban J connectivity index is 2.40. The van der Waals surface area contributed by atoms with Crippen LogP contribution in [0.15, 0.2) is 30.3 Å². The molecule has 0 aliphatic rings. The van der Waals surface area contributed by atoms with E-state index in [0.717, 1.165) is 18.4 Å². The molecule has 0 fully saturated rings. The predicted molar refractivity (Wildman–Crippen MR) is 91.0 cm³/mol. The third-order valence-corrected chi connectivity index (χ3v) is 3.40. The van der Waals surface area contributed by atoms with E-state index in [0.29, 0.717) is 6.54 Å². The first kappa shape index (κ1) is 19.7. The van der Waals surface area contributed by atoms with Gasteiger partial charge in [-0.05, 0) is 18.4 Å². The second kappa shape index (κ2) is 11.2. The Morgan fingerprint density at radius 2 is 1.88 bits per heavy atom. The van der Waals surface area contributed by atoms with Crippen LogP contribution >= 0.6 is 0 Å². The van der Waals surface area contributed by atoms with Gasteiger partial charge in [0.1, 0.15) is 12.6 Å². The molecular weight excluding hydrogens is 308 g/mol. The average Bonchev–Trinajstić information content (AvgIpc) is 2.57. The fourth-order valence-corrected chi connectivity index (χ4v) is 2.10. The molecule has 0 heterocycles. The Morgan fingerprint density at radius 1 is 1.17 bits per heavy atom. The van der Waals surface area contributed by atoms with Crippen molar-refractivity contribution in [3.8, 4) is 0 Å². The number of hydrogen-bond donors (Lipinski definition) is 2. The number of benzene rings is 1. The maximum atomic E-state index is 12.1. The van der Waals surface area contributed by atoms with E-state index in [-0.39, 0.29) is 31.3 Å². The number of carbonyl (C=O) groups is 3. The molecule has 0 aliphatic carbocycles. The van der Waals surface area contributed by atoms with Crippen LogP contribution in [0.2, 0.25) is 0 Å². The molecule has 1 atom stereocenters. The Labute approximate surface area is 143 Å². The molecule has 0 radical (unpaired) electrons. The smallest absolute Gasteiger partial charge is 0.306 e. The van der Waals surface area contributed by atoms with Gasteiger partial charge < -0.3 is 15.4 Å². The van der Waals surface area contributed by atoms with E-state index in [1.54, 1.807) is 0 Å². The first-order valence-corrected chi connectivity index (χ1v) is 8.27. The van der Waals surface area contributed by atoms with E-state index in [9.17, 15) is 14.4 Å². The van der Waals surface area contributed by atoms with E-state index in [1.165, 1.54) is 6.92 Å². The summed E-state index contributed by atoms with van der Waals surface area (Å²) in [5.74, 6) is -0.964. The summed E-state index contributed by atoms with van der Waals surface area (Å²) in [4.78, 5) is 35.1. The number of hydrogen-bond acceptors (Lipinski definition) is 4. The van der Waals surface area contributed by atoms with E-state index in [4.69, 9.17) is 4.74 Å². The third kappa shape index (κ3) is 8.31. The molecule has 0 aliphatic heterocycles. The molecule has 2 amide bonds. The molecule has 0 saturated heterocycles. The molecule has 0 spiro atoms. The van der Waals surface area contributed by atoms with Crippen molar-refractivity contribution in [3.63, 3.8) is 0 Å². The van der Waals surface area contributed by atoms with Gasteiger partial charge in [-0.3, -0.25) is 14.4 Å². The maximum Gasteiger partial charge on any atom is 0.306 e. The Bertz CT molecular complexity index is 531. The van der Waals surface area contributed by atoms with Crippen molar-refractivity contribution in [1.29, 1.82) is 0 Å². The largest absolute Gasteiger partial charge is 0.461 e. The van der Waals surface area contributed by atoms with Crippen LogP contribution in [0.25, 0.3) is 0 Å². The summed E-state index contributed by atoms with van der Waals surface area (Å²) in [6, 6.07) is 8.65. The molecule has 2 N–H and O–H groups in total. The minimum absolute atomic E-state index is 0.0684. The molecule has 0 unspecified atom stereocenters. The lowest BCUT2D eigenvalue weighted by Crippen LogP contribution is -2.46. The van der Waals surface area contributed by atoms with Crippen molar-refractivity contribution in [1.82, 2.24) is 10.6 Å². The first-order chi connectivity index (χ1) is 11.5. The van der Waals surface area contributed by atoms with Gasteiger partial charge in [0.2, 0.25) is 11.8 Å². The molecule has 0 bridgehead atoms. The number of carbonyl (C=O) groups excluding carboxylic acids is 3. The molecule has 1 aromatic carbocycles. The number of rotatable bonds is 10. The van der Waals surface area contributed by atoms with Crippen LogP contribution < -0.4 is 10.6 Å². The van der Waals surface area contributed by atoms with Gasteiger partial charge in [-0.2, -0.15) is 0 Å². The molecule has 0 saturated carbocycles. The number of ether oxygens (including phenoxy) is 1. The van der Waals surface area contributed by atoms with Crippen molar-refractivity contribution >= 4 is 17.8 Å². The molecule has 1 aromatic rings. The van der Waals surface area contributed by atoms with Gasteiger partial charge in [-0.25, -0.2) is 0 Å². The zero-order valence-electron chi connectivity index (χ0n) is 14.3. The second-order valence-corrected chi connectivity index (χ2v) is 5.58. The normalized spacial score (nSPS) is 11.4. The van der Waals surface area contributed by atoms with E-state index < -0.39 is 12.0 Å². The van der Waals surface area contributed by atoms with Crippen LogP contribution in [0.1, 0.15) is 45.1 Å². The zero-order valence-corrected chi connectivity index (χ0v) is 14.3. The standard InChI is InChI=1S/C18H26N2O4/c1-3-4-12-19-18(23)16(20-14(2)21)10-11-17(22)24-13-15-8-6-5-7-9-15/h5-9,16H,3-4,10-13H2,1-2H3,(H,19,23)(H,20,21)/t16-/m1/s1. The van der Waals surface area contributed by atoms with Crippen LogP contribution in [-0.2, 0) is 25.7 Å². The molecule has 24 heavy (non-hydrogen) atoms. The van der Waals surface area contributed by atoms with Crippen molar-refractivity contribution < 1.29 is 19.1 Å². The molecule has 6 nitrogen and oxygen atoms in total. The van der Waals surface area contributed by atoms with Gasteiger partial charge in [-0.1, -0.05) is 43.7 Å². The molecule has 6 heteroatoms. The van der Waals surface area contributed by atoms with Gasteiger partial charge in [0, 0.05) is 19.9 Å². The van der Waals surface area contributed by atoms with Crippen molar-refractivity contribution in [2.24, 2.45) is 0 Å². The lowest BCUT2D eigenvalue weighted by atomic mass is 10.1. The quantitative estimate of drug-likeness (QED) is 0.506. The second-order valence-electron chi connectivity index (χ2n) is 5.58. The Kier molecular flexibility index (Phi) is 9.19.